The SMILES string of the molecule is CCCNCc1ccc(N2CCNC(=O)C2C)c(C#N)c1. The van der Waals surface area contributed by atoms with Crippen LogP contribution in [0.4, 0.5) is 5.69 Å². The van der Waals surface area contributed by atoms with Gasteiger partial charge in [-0.2, -0.15) is 5.26 Å². The maximum Gasteiger partial charge on any atom is 0.242 e. The number of amides is 1. The third-order valence-electron chi connectivity index (χ3n) is 3.75. The van der Waals surface area contributed by atoms with E-state index in [1.807, 2.05) is 30.0 Å². The number of hydrogen-bond donors (Lipinski definition) is 2. The maximum absolute atomic E-state index is 11.8. The number of nitrogens with one attached hydrogen (secondary N) is 2. The molecule has 0 saturated carbocycles. The topological polar surface area (TPSA) is 68.2 Å². The quantitative estimate of drug-likeness (QED) is 0.803. The van der Waals surface area contributed by atoms with E-state index < -0.39 is 0 Å². The largest absolute Gasteiger partial charge is 0.357 e. The average molecular weight is 286 g/mol. The Morgan fingerprint density at radius 1 is 1.52 bits per heavy atom. The van der Waals surface area contributed by atoms with Crippen LogP contribution >= 0.6 is 0 Å². The molecule has 0 bridgehead atoms. The Hall–Kier alpha value is -2.06. The van der Waals surface area contributed by atoms with E-state index in [2.05, 4.69) is 23.6 Å². The monoisotopic (exact) mass is 286 g/mol. The predicted octanol–water partition coefficient (Wildman–Crippen LogP) is 1.38. The third-order valence-corrected chi connectivity index (χ3v) is 3.75. The number of rotatable bonds is 5. The van der Waals surface area contributed by atoms with E-state index in [0.717, 1.165) is 37.3 Å². The molecule has 1 heterocycles. The van der Waals surface area contributed by atoms with Crippen LogP contribution in [0.1, 0.15) is 31.4 Å². The number of benzene rings is 1. The second kappa shape index (κ2) is 7.09. The second-order valence-electron chi connectivity index (χ2n) is 5.30. The molecule has 5 nitrogen and oxygen atoms in total. The van der Waals surface area contributed by atoms with Crippen LogP contribution in [0.5, 0.6) is 0 Å². The molecule has 1 saturated heterocycles. The number of nitrogens with zero attached hydrogens (tertiary/aromatic N) is 2. The fourth-order valence-electron chi connectivity index (χ4n) is 2.55. The molecule has 112 valence electrons. The Bertz CT molecular complexity index is 550. The van der Waals surface area contributed by atoms with E-state index in [-0.39, 0.29) is 11.9 Å². The van der Waals surface area contributed by atoms with Gasteiger partial charge in [-0.15, -0.1) is 0 Å². The maximum atomic E-state index is 11.8. The van der Waals surface area contributed by atoms with Gasteiger partial charge >= 0.3 is 0 Å². The molecule has 0 radical (unpaired) electrons. The summed E-state index contributed by atoms with van der Waals surface area (Å²) in [7, 11) is 0. The third kappa shape index (κ3) is 3.53. The molecular weight excluding hydrogens is 264 g/mol. The van der Waals surface area contributed by atoms with Crippen molar-refractivity contribution in [2.24, 2.45) is 0 Å². The number of hydrogen-bond acceptors (Lipinski definition) is 4. The molecule has 0 spiro atoms. The zero-order chi connectivity index (χ0) is 15.2. The highest BCUT2D eigenvalue weighted by molar-refractivity contribution is 5.86. The molecule has 1 aliphatic rings. The summed E-state index contributed by atoms with van der Waals surface area (Å²) >= 11 is 0. The molecule has 1 aromatic rings. The normalized spacial score (nSPS) is 18.2. The lowest BCUT2D eigenvalue weighted by Crippen LogP contribution is -2.54. The van der Waals surface area contributed by atoms with Crippen LogP contribution < -0.4 is 15.5 Å². The zero-order valence-electron chi connectivity index (χ0n) is 12.6. The van der Waals surface area contributed by atoms with Crippen LogP contribution in [0.25, 0.3) is 0 Å². The van der Waals surface area contributed by atoms with E-state index in [1.54, 1.807) is 0 Å². The summed E-state index contributed by atoms with van der Waals surface area (Å²) in [5, 5.41) is 15.6. The summed E-state index contributed by atoms with van der Waals surface area (Å²) in [5.41, 5.74) is 2.57. The fraction of sp³-hybridized carbons (Fsp3) is 0.500. The standard InChI is InChI=1S/C16H22N4O/c1-3-6-18-11-13-4-5-15(14(9-13)10-17)20-8-7-19-16(21)12(20)2/h4-5,9,12,18H,3,6-8,11H2,1-2H3,(H,19,21). The van der Waals surface area contributed by atoms with Crippen LogP contribution in [-0.4, -0.2) is 31.6 Å². The van der Waals surface area contributed by atoms with Crippen molar-refractivity contribution in [1.29, 1.82) is 5.26 Å². The van der Waals surface area contributed by atoms with Crippen molar-refractivity contribution in [3.05, 3.63) is 29.3 Å². The van der Waals surface area contributed by atoms with Crippen molar-refractivity contribution in [3.63, 3.8) is 0 Å². The molecule has 1 unspecified atom stereocenters. The Labute approximate surface area is 125 Å². The highest BCUT2D eigenvalue weighted by atomic mass is 16.2. The lowest BCUT2D eigenvalue weighted by atomic mass is 10.1. The molecule has 21 heavy (non-hydrogen) atoms. The average Bonchev–Trinajstić information content (AvgIpc) is 2.50. The van der Waals surface area contributed by atoms with Gasteiger partial charge in [-0.25, -0.2) is 0 Å². The van der Waals surface area contributed by atoms with Crippen molar-refractivity contribution in [2.45, 2.75) is 32.9 Å². The Morgan fingerprint density at radius 3 is 3.05 bits per heavy atom. The van der Waals surface area contributed by atoms with E-state index in [0.29, 0.717) is 12.1 Å². The van der Waals surface area contributed by atoms with Gasteiger partial charge in [0, 0.05) is 19.6 Å². The van der Waals surface area contributed by atoms with Gasteiger partial charge in [0.2, 0.25) is 5.91 Å². The highest BCUT2D eigenvalue weighted by Crippen LogP contribution is 2.24. The lowest BCUT2D eigenvalue weighted by Gasteiger charge is -2.35. The first-order valence-corrected chi connectivity index (χ1v) is 7.45. The molecule has 5 heteroatoms. The van der Waals surface area contributed by atoms with Crippen LogP contribution in [0.15, 0.2) is 18.2 Å². The molecule has 1 aliphatic heterocycles. The summed E-state index contributed by atoms with van der Waals surface area (Å²) in [5.74, 6) is 0.0128. The molecular formula is C16H22N4O. The summed E-state index contributed by atoms with van der Waals surface area (Å²) in [6.45, 7) is 7.07. The van der Waals surface area contributed by atoms with Crippen LogP contribution in [-0.2, 0) is 11.3 Å². The van der Waals surface area contributed by atoms with E-state index in [4.69, 9.17) is 0 Å². The van der Waals surface area contributed by atoms with Crippen molar-refractivity contribution in [2.75, 3.05) is 24.5 Å². The van der Waals surface area contributed by atoms with Gasteiger partial charge < -0.3 is 15.5 Å². The molecule has 2 rings (SSSR count). The number of anilines is 1. The van der Waals surface area contributed by atoms with E-state index >= 15 is 0 Å². The summed E-state index contributed by atoms with van der Waals surface area (Å²) < 4.78 is 0. The smallest absolute Gasteiger partial charge is 0.242 e. The Balaban J connectivity index is 2.20. The van der Waals surface area contributed by atoms with Gasteiger partial charge in [0.1, 0.15) is 12.1 Å². The number of piperazine rings is 1. The molecule has 1 atom stereocenters. The second-order valence-corrected chi connectivity index (χ2v) is 5.30. The first-order chi connectivity index (χ1) is 10.2. The van der Waals surface area contributed by atoms with Crippen molar-refractivity contribution in [3.8, 4) is 6.07 Å². The summed E-state index contributed by atoms with van der Waals surface area (Å²) in [6, 6.07) is 7.91. The van der Waals surface area contributed by atoms with Gasteiger partial charge in [0.05, 0.1) is 11.3 Å². The summed E-state index contributed by atoms with van der Waals surface area (Å²) in [4.78, 5) is 13.8. The molecule has 0 aromatic heterocycles. The van der Waals surface area contributed by atoms with Gasteiger partial charge in [-0.05, 0) is 37.6 Å². The van der Waals surface area contributed by atoms with Crippen molar-refractivity contribution >= 4 is 11.6 Å². The highest BCUT2D eigenvalue weighted by Gasteiger charge is 2.27. The number of nitriles is 1. The minimum Gasteiger partial charge on any atom is -0.357 e. The van der Waals surface area contributed by atoms with Gasteiger partial charge in [0.25, 0.3) is 0 Å². The van der Waals surface area contributed by atoms with Crippen molar-refractivity contribution in [1.82, 2.24) is 10.6 Å². The summed E-state index contributed by atoms with van der Waals surface area (Å²) in [6.07, 6.45) is 1.09. The van der Waals surface area contributed by atoms with Gasteiger partial charge in [-0.1, -0.05) is 13.0 Å². The van der Waals surface area contributed by atoms with E-state index in [9.17, 15) is 10.1 Å². The Kier molecular flexibility index (Phi) is 5.18. The van der Waals surface area contributed by atoms with Crippen LogP contribution in [0, 0.1) is 11.3 Å². The Morgan fingerprint density at radius 2 is 2.33 bits per heavy atom. The number of carbonyl (C=O) groups excluding carboxylic acids is 1. The minimum atomic E-state index is -0.241. The van der Waals surface area contributed by atoms with E-state index in [1.165, 1.54) is 0 Å². The first-order valence-electron chi connectivity index (χ1n) is 7.45. The number of carbonyl (C=O) groups is 1. The molecule has 0 aliphatic carbocycles. The molecule has 1 amide bonds. The predicted molar refractivity (Wildman–Crippen MR) is 83.0 cm³/mol. The van der Waals surface area contributed by atoms with Gasteiger partial charge in [0.15, 0.2) is 0 Å². The fourth-order valence-corrected chi connectivity index (χ4v) is 2.55. The molecule has 1 aromatic carbocycles. The van der Waals surface area contributed by atoms with Crippen LogP contribution in [0.3, 0.4) is 0 Å². The van der Waals surface area contributed by atoms with Gasteiger partial charge in [-0.3, -0.25) is 4.79 Å². The zero-order valence-corrected chi connectivity index (χ0v) is 12.6. The first kappa shape index (κ1) is 15.3. The molecule has 1 fully saturated rings. The van der Waals surface area contributed by atoms with Crippen LogP contribution in [0.2, 0.25) is 0 Å². The van der Waals surface area contributed by atoms with Crippen molar-refractivity contribution < 1.29 is 4.79 Å². The lowest BCUT2D eigenvalue weighted by molar-refractivity contribution is -0.122. The minimum absolute atomic E-state index is 0.0128. The molecule has 2 N–H and O–H groups in total.